The summed E-state index contributed by atoms with van der Waals surface area (Å²) in [7, 11) is 0.647. The molecule has 7 heteroatoms. The number of hydrogen-bond acceptors (Lipinski definition) is 6. The summed E-state index contributed by atoms with van der Waals surface area (Å²) in [6.07, 6.45) is 2.72. The van der Waals surface area contributed by atoms with Crippen LogP contribution in [0, 0.1) is 0 Å². The second kappa shape index (κ2) is 11.4. The van der Waals surface area contributed by atoms with E-state index in [0.29, 0.717) is 17.5 Å². The third-order valence-electron chi connectivity index (χ3n) is 8.69. The molecule has 1 fully saturated rings. The van der Waals surface area contributed by atoms with Crippen molar-refractivity contribution >= 4 is 9.84 Å². The lowest BCUT2D eigenvalue weighted by Gasteiger charge is -2.53. The minimum absolute atomic E-state index is 0.0167. The maximum Gasteiger partial charge on any atom is 0.206 e. The van der Waals surface area contributed by atoms with Crippen molar-refractivity contribution < 1.29 is 17.9 Å². The largest absolute Gasteiger partial charge is 0.491 e. The van der Waals surface area contributed by atoms with Gasteiger partial charge in [0.1, 0.15) is 17.6 Å². The maximum atomic E-state index is 13.3. The van der Waals surface area contributed by atoms with Gasteiger partial charge < -0.3 is 9.47 Å². The van der Waals surface area contributed by atoms with Gasteiger partial charge in [0.25, 0.3) is 0 Å². The van der Waals surface area contributed by atoms with Crippen LogP contribution in [0.5, 0.6) is 11.5 Å². The molecule has 218 valence electrons. The molecule has 2 aromatic rings. The van der Waals surface area contributed by atoms with Gasteiger partial charge in [-0.3, -0.25) is 9.80 Å². The van der Waals surface area contributed by atoms with Crippen LogP contribution >= 0.6 is 0 Å². The SMILES string of the molecule is CC(CC(C)(C)N(C)C(C)C)Oc1ccc(S(=O)(=O)c2ccc(OC3CC(C)(C)N(C)C(C)(C)C3)cc2)cc1. The summed E-state index contributed by atoms with van der Waals surface area (Å²) < 4.78 is 39.1. The zero-order valence-electron chi connectivity index (χ0n) is 25.9. The number of hydrogen-bond donors (Lipinski definition) is 0. The van der Waals surface area contributed by atoms with Gasteiger partial charge >= 0.3 is 0 Å². The Morgan fingerprint density at radius 2 is 1.33 bits per heavy atom. The highest BCUT2D eigenvalue weighted by Crippen LogP contribution is 2.38. The summed E-state index contributed by atoms with van der Waals surface area (Å²) in [5.41, 5.74) is 0.0144. The number of benzene rings is 2. The Morgan fingerprint density at radius 3 is 1.77 bits per heavy atom. The van der Waals surface area contributed by atoms with Crippen LogP contribution in [-0.4, -0.2) is 67.2 Å². The summed E-state index contributed by atoms with van der Waals surface area (Å²) in [5, 5.41) is 0. The number of ether oxygens (including phenoxy) is 2. The lowest BCUT2D eigenvalue weighted by molar-refractivity contribution is -0.0556. The highest BCUT2D eigenvalue weighted by Gasteiger charge is 2.44. The Hall–Kier alpha value is -2.09. The standard InChI is InChI=1S/C32H50N2O4S/c1-23(2)33(10)30(4,5)20-24(3)37-25-12-16-28(17-13-25)39(35,36)29-18-14-26(15-19-29)38-27-21-31(6,7)34(11)32(8,9)22-27/h12-19,23-24,27H,20-22H2,1-11H3. The normalized spacial score (nSPS) is 19.3. The molecule has 39 heavy (non-hydrogen) atoms. The van der Waals surface area contributed by atoms with Crippen LogP contribution in [0.4, 0.5) is 0 Å². The third kappa shape index (κ3) is 7.36. The molecule has 0 saturated carbocycles. The third-order valence-corrected chi connectivity index (χ3v) is 10.5. The van der Waals surface area contributed by atoms with Gasteiger partial charge in [0, 0.05) is 41.9 Å². The zero-order chi connectivity index (χ0) is 29.4. The fourth-order valence-electron chi connectivity index (χ4n) is 5.91. The molecule has 0 radical (unpaired) electrons. The quantitative estimate of drug-likeness (QED) is 0.319. The molecule has 1 heterocycles. The minimum Gasteiger partial charge on any atom is -0.491 e. The van der Waals surface area contributed by atoms with Crippen molar-refractivity contribution in [3.8, 4) is 11.5 Å². The van der Waals surface area contributed by atoms with Crippen LogP contribution in [0.25, 0.3) is 0 Å². The minimum atomic E-state index is -3.65. The monoisotopic (exact) mass is 558 g/mol. The molecule has 1 aliphatic heterocycles. The second-order valence-electron chi connectivity index (χ2n) is 13.4. The fourth-order valence-corrected chi connectivity index (χ4v) is 7.17. The summed E-state index contributed by atoms with van der Waals surface area (Å²) in [5.74, 6) is 1.36. The van der Waals surface area contributed by atoms with E-state index in [1.165, 1.54) is 0 Å². The van der Waals surface area contributed by atoms with Crippen LogP contribution in [0.3, 0.4) is 0 Å². The number of nitrogens with zero attached hydrogens (tertiary/aromatic N) is 2. The van der Waals surface area contributed by atoms with E-state index in [1.807, 2.05) is 0 Å². The van der Waals surface area contributed by atoms with Crippen LogP contribution in [0.15, 0.2) is 58.3 Å². The first-order valence-corrected chi connectivity index (χ1v) is 15.6. The average Bonchev–Trinajstić information content (AvgIpc) is 2.82. The molecular weight excluding hydrogens is 508 g/mol. The van der Waals surface area contributed by atoms with Crippen molar-refractivity contribution in [2.45, 2.75) is 126 Å². The molecule has 1 unspecified atom stereocenters. The Kier molecular flexibility index (Phi) is 9.20. The summed E-state index contributed by atoms with van der Waals surface area (Å²) >= 11 is 0. The van der Waals surface area contributed by atoms with E-state index in [0.717, 1.165) is 19.3 Å². The van der Waals surface area contributed by atoms with Gasteiger partial charge in [-0.25, -0.2) is 8.42 Å². The summed E-state index contributed by atoms with van der Waals surface area (Å²) in [4.78, 5) is 5.25. The average molecular weight is 559 g/mol. The maximum absolute atomic E-state index is 13.3. The summed E-state index contributed by atoms with van der Waals surface area (Å²) in [6.45, 7) is 19.8. The lowest BCUT2D eigenvalue weighted by atomic mass is 9.79. The number of sulfone groups is 1. The first-order chi connectivity index (χ1) is 17.8. The first kappa shape index (κ1) is 31.4. The smallest absolute Gasteiger partial charge is 0.206 e. The van der Waals surface area contributed by atoms with Crippen molar-refractivity contribution in [2.24, 2.45) is 0 Å². The van der Waals surface area contributed by atoms with E-state index in [9.17, 15) is 8.42 Å². The second-order valence-corrected chi connectivity index (χ2v) is 15.4. The molecule has 1 atom stereocenters. The molecule has 0 N–H and O–H groups in total. The van der Waals surface area contributed by atoms with Crippen molar-refractivity contribution in [3.05, 3.63) is 48.5 Å². The van der Waals surface area contributed by atoms with Gasteiger partial charge in [-0.1, -0.05) is 0 Å². The predicted molar refractivity (Wildman–Crippen MR) is 160 cm³/mol. The van der Waals surface area contributed by atoms with Gasteiger partial charge in [-0.15, -0.1) is 0 Å². The van der Waals surface area contributed by atoms with Crippen LogP contribution in [0.2, 0.25) is 0 Å². The molecule has 1 aliphatic rings. The van der Waals surface area contributed by atoms with E-state index in [1.54, 1.807) is 48.5 Å². The predicted octanol–water partition coefficient (Wildman–Crippen LogP) is 6.83. The zero-order valence-corrected chi connectivity index (χ0v) is 26.7. The Labute approximate surface area is 237 Å². The Morgan fingerprint density at radius 1 is 0.897 bits per heavy atom. The van der Waals surface area contributed by atoms with Gasteiger partial charge in [-0.05, 0) is 125 Å². The summed E-state index contributed by atoms with van der Waals surface area (Å²) in [6, 6.07) is 14.0. The number of rotatable bonds is 10. The Balaban J connectivity index is 1.66. The van der Waals surface area contributed by atoms with E-state index in [4.69, 9.17) is 9.47 Å². The molecule has 1 saturated heterocycles. The van der Waals surface area contributed by atoms with Crippen molar-refractivity contribution in [2.75, 3.05) is 14.1 Å². The molecule has 0 amide bonds. The number of likely N-dealkylation sites (tertiary alicyclic amines) is 1. The van der Waals surface area contributed by atoms with Gasteiger partial charge in [0.15, 0.2) is 0 Å². The van der Waals surface area contributed by atoms with Crippen molar-refractivity contribution in [3.63, 3.8) is 0 Å². The van der Waals surface area contributed by atoms with Crippen molar-refractivity contribution in [1.82, 2.24) is 9.80 Å². The van der Waals surface area contributed by atoms with E-state index >= 15 is 0 Å². The lowest BCUT2D eigenvalue weighted by Crippen LogP contribution is -2.60. The number of piperidine rings is 1. The van der Waals surface area contributed by atoms with Crippen molar-refractivity contribution in [1.29, 1.82) is 0 Å². The highest BCUT2D eigenvalue weighted by molar-refractivity contribution is 7.91. The van der Waals surface area contributed by atoms with Crippen LogP contribution < -0.4 is 9.47 Å². The molecule has 0 aliphatic carbocycles. The molecule has 6 nitrogen and oxygen atoms in total. The van der Waals surface area contributed by atoms with Crippen LogP contribution in [-0.2, 0) is 9.84 Å². The van der Waals surface area contributed by atoms with Gasteiger partial charge in [0.2, 0.25) is 9.84 Å². The first-order valence-electron chi connectivity index (χ1n) is 14.1. The van der Waals surface area contributed by atoms with E-state index in [2.05, 4.69) is 86.2 Å². The fraction of sp³-hybridized carbons (Fsp3) is 0.625. The van der Waals surface area contributed by atoms with Crippen LogP contribution in [0.1, 0.15) is 81.6 Å². The molecule has 2 aromatic carbocycles. The van der Waals surface area contributed by atoms with E-state index < -0.39 is 9.84 Å². The van der Waals surface area contributed by atoms with E-state index in [-0.39, 0.29) is 38.6 Å². The highest BCUT2D eigenvalue weighted by atomic mass is 32.2. The molecular formula is C32H50N2O4S. The molecule has 0 spiro atoms. The molecule has 3 rings (SSSR count). The topological polar surface area (TPSA) is 59.1 Å². The molecule has 0 aromatic heterocycles. The molecule has 0 bridgehead atoms. The van der Waals surface area contributed by atoms with Gasteiger partial charge in [-0.2, -0.15) is 0 Å². The Bertz CT molecular complexity index is 1180. The van der Waals surface area contributed by atoms with Gasteiger partial charge in [0.05, 0.1) is 15.9 Å².